The van der Waals surface area contributed by atoms with Gasteiger partial charge < -0.3 is 25.0 Å². The molecule has 5 amide bonds. The number of piperidine rings is 1. The molecule has 75 heavy (non-hydrogen) atoms. The number of aryl methyl sites for hydroxylation is 2. The minimum atomic E-state index is -0.806. The number of methoxy groups -OCH3 is 1. The molecule has 396 valence electrons. The Bertz CT molecular complexity index is 2950. The van der Waals surface area contributed by atoms with Crippen LogP contribution in [-0.2, 0) is 20.8 Å². The van der Waals surface area contributed by atoms with E-state index in [0.717, 1.165) is 147 Å². The first-order valence-electron chi connectivity index (χ1n) is 27.0. The summed E-state index contributed by atoms with van der Waals surface area (Å²) in [6, 6.07) is 17.8. The Hall–Kier alpha value is -6.46. The molecule has 0 unspecified atom stereocenters. The van der Waals surface area contributed by atoms with Crippen molar-refractivity contribution in [1.82, 2.24) is 30.0 Å². The Balaban J connectivity index is 0.685. The van der Waals surface area contributed by atoms with Gasteiger partial charge in [0, 0.05) is 93.0 Å². The molecule has 5 aromatic rings. The number of hydrogen-bond donors (Lipinski definition) is 3. The number of carbonyl (C=O) groups excluding carboxylic acids is 4. The van der Waals surface area contributed by atoms with Gasteiger partial charge in [0.2, 0.25) is 11.8 Å². The number of imide groups is 1. The topological polar surface area (TPSA) is 178 Å². The Kier molecular flexibility index (Phi) is 15.5. The van der Waals surface area contributed by atoms with Gasteiger partial charge in [0.1, 0.15) is 23.2 Å². The summed E-state index contributed by atoms with van der Waals surface area (Å²) >= 11 is 1.67. The SMILES string of the molecule is COc1cc2nc(C)nc(N[C@H](C)c3cc(-c4ccccc4CCC(=O)O)cs3)c2cc1C1CCC(C(=O)N2CCN(CC3CCC4(CC3)CCN(C(=O)c3ccc(F)c(N5CCC(=O)NC5=O)c3)CC4)CC2)CC1. The summed E-state index contributed by atoms with van der Waals surface area (Å²) in [5.41, 5.74) is 5.67. The van der Waals surface area contributed by atoms with Crippen molar-refractivity contribution in [1.29, 1.82) is 0 Å². The molecule has 3 aromatic carbocycles. The molecule has 1 atom stereocenters. The Morgan fingerprint density at radius 2 is 1.64 bits per heavy atom. The Labute approximate surface area is 442 Å². The van der Waals surface area contributed by atoms with E-state index in [2.05, 4.69) is 50.9 Å². The van der Waals surface area contributed by atoms with E-state index in [1.807, 2.05) is 36.1 Å². The number of fused-ring (bicyclic) bond motifs is 1. The van der Waals surface area contributed by atoms with Gasteiger partial charge in [-0.25, -0.2) is 19.2 Å². The quantitative estimate of drug-likeness (QED) is 0.0965. The number of piperazine rings is 1. The summed E-state index contributed by atoms with van der Waals surface area (Å²) in [6.45, 7) is 9.76. The van der Waals surface area contributed by atoms with Gasteiger partial charge in [0.25, 0.3) is 5.91 Å². The van der Waals surface area contributed by atoms with E-state index in [1.54, 1.807) is 18.4 Å². The van der Waals surface area contributed by atoms with Crippen molar-refractivity contribution in [2.45, 2.75) is 109 Å². The molecule has 5 fully saturated rings. The predicted octanol–water partition coefficient (Wildman–Crippen LogP) is 9.98. The van der Waals surface area contributed by atoms with Crippen LogP contribution in [0.2, 0.25) is 0 Å². The second kappa shape index (κ2) is 22.4. The third-order valence-corrected chi connectivity index (χ3v) is 18.1. The lowest BCUT2D eigenvalue weighted by molar-refractivity contribution is -0.139. The number of urea groups is 1. The standard InChI is InChI=1S/C58H69FN8O7S/c1-36(51-31-43(35-75-51)44-7-5-4-6-39(44)13-15-53(69)70)60-54-46-32-45(50(74-3)33-48(46)61-37(2)62-54)40-8-10-41(11-9-40)55(71)66-28-26-64(27-29-66)34-38-16-19-58(20-17-38)21-24-65(25-22-58)56(72)42-12-14-47(59)49(30-42)67-23-18-52(68)63-57(67)73/h4-7,12,14,30-33,35-36,38,40-41H,8-11,13,15-29,34H2,1-3H3,(H,69,70)(H,60,61,62)(H,63,68,73)/t36-,40?,41?/m1/s1. The van der Waals surface area contributed by atoms with E-state index < -0.39 is 23.7 Å². The van der Waals surface area contributed by atoms with Crippen molar-refractivity contribution >= 4 is 63.5 Å². The van der Waals surface area contributed by atoms with Gasteiger partial charge in [-0.15, -0.1) is 11.3 Å². The van der Waals surface area contributed by atoms with Crippen LogP contribution in [0.3, 0.4) is 0 Å². The van der Waals surface area contributed by atoms with E-state index in [9.17, 15) is 33.5 Å². The molecule has 15 nitrogen and oxygen atoms in total. The minimum absolute atomic E-state index is 0.00820. The average molecular weight is 1040 g/mol. The Morgan fingerprint density at radius 3 is 2.36 bits per heavy atom. The fourth-order valence-electron chi connectivity index (χ4n) is 12.6. The first kappa shape index (κ1) is 52.0. The molecule has 2 aliphatic carbocycles. The summed E-state index contributed by atoms with van der Waals surface area (Å²) in [5, 5.41) is 18.3. The van der Waals surface area contributed by atoms with Crippen LogP contribution in [0.15, 0.2) is 66.0 Å². The molecular formula is C58H69FN8O7S. The molecule has 1 spiro atoms. The number of hydrogen-bond acceptors (Lipinski definition) is 11. The van der Waals surface area contributed by atoms with Crippen molar-refractivity contribution in [3.63, 3.8) is 0 Å². The van der Waals surface area contributed by atoms with Gasteiger partial charge in [-0.1, -0.05) is 24.3 Å². The number of anilines is 2. The van der Waals surface area contributed by atoms with Crippen molar-refractivity contribution in [2.75, 3.05) is 69.7 Å². The largest absolute Gasteiger partial charge is 0.496 e. The van der Waals surface area contributed by atoms with E-state index in [0.29, 0.717) is 42.7 Å². The molecular weight excluding hydrogens is 972 g/mol. The first-order chi connectivity index (χ1) is 36.2. The van der Waals surface area contributed by atoms with Crippen LogP contribution < -0.4 is 20.3 Å². The van der Waals surface area contributed by atoms with Crippen molar-refractivity contribution in [3.05, 3.63) is 99.3 Å². The lowest BCUT2D eigenvalue weighted by Gasteiger charge is -2.47. The van der Waals surface area contributed by atoms with Crippen LogP contribution >= 0.6 is 11.3 Å². The van der Waals surface area contributed by atoms with E-state index in [4.69, 9.17) is 14.7 Å². The van der Waals surface area contributed by atoms with Gasteiger partial charge in [-0.3, -0.25) is 34.3 Å². The maximum absolute atomic E-state index is 14.8. The summed E-state index contributed by atoms with van der Waals surface area (Å²) in [4.78, 5) is 81.6. The molecule has 2 saturated carbocycles. The van der Waals surface area contributed by atoms with Gasteiger partial charge in [-0.2, -0.15) is 0 Å². The van der Waals surface area contributed by atoms with E-state index >= 15 is 0 Å². The maximum Gasteiger partial charge on any atom is 0.328 e. The number of thiophene rings is 1. The zero-order valence-corrected chi connectivity index (χ0v) is 44.2. The zero-order valence-electron chi connectivity index (χ0n) is 43.4. The first-order valence-corrected chi connectivity index (χ1v) is 27.8. The fraction of sp³-hybridized carbons (Fsp3) is 0.500. The number of carboxylic acids is 1. The van der Waals surface area contributed by atoms with E-state index in [-0.39, 0.29) is 54.3 Å². The number of carbonyl (C=O) groups is 5. The Morgan fingerprint density at radius 1 is 0.893 bits per heavy atom. The monoisotopic (exact) mass is 1040 g/mol. The van der Waals surface area contributed by atoms with Crippen LogP contribution in [0.5, 0.6) is 5.75 Å². The summed E-state index contributed by atoms with van der Waals surface area (Å²) < 4.78 is 20.8. The number of rotatable bonds is 14. The number of benzene rings is 3. The highest BCUT2D eigenvalue weighted by atomic mass is 32.1. The molecule has 3 saturated heterocycles. The normalized spacial score (nSPS) is 21.0. The lowest BCUT2D eigenvalue weighted by Crippen LogP contribution is -2.52. The molecule has 5 heterocycles. The van der Waals surface area contributed by atoms with Crippen molar-refractivity contribution in [3.8, 4) is 16.9 Å². The minimum Gasteiger partial charge on any atom is -0.496 e. The molecule has 2 aromatic heterocycles. The maximum atomic E-state index is 14.8. The molecule has 17 heteroatoms. The number of nitrogens with one attached hydrogen (secondary N) is 2. The number of amides is 5. The van der Waals surface area contributed by atoms with Crippen LogP contribution in [0.1, 0.15) is 128 Å². The number of aromatic nitrogens is 2. The van der Waals surface area contributed by atoms with Gasteiger partial charge in [0.05, 0.1) is 24.4 Å². The third kappa shape index (κ3) is 11.5. The van der Waals surface area contributed by atoms with Crippen molar-refractivity contribution in [2.24, 2.45) is 17.3 Å². The van der Waals surface area contributed by atoms with Gasteiger partial charge in [-0.05, 0) is 160 Å². The average Bonchev–Trinajstić information content (AvgIpc) is 3.92. The zero-order chi connectivity index (χ0) is 52.4. The third-order valence-electron chi connectivity index (χ3n) is 17.0. The predicted molar refractivity (Wildman–Crippen MR) is 288 cm³/mol. The number of ether oxygens (including phenoxy) is 1. The summed E-state index contributed by atoms with van der Waals surface area (Å²) in [7, 11) is 1.71. The second-order valence-electron chi connectivity index (χ2n) is 21.7. The van der Waals surface area contributed by atoms with Gasteiger partial charge in [0.15, 0.2) is 0 Å². The highest BCUT2D eigenvalue weighted by molar-refractivity contribution is 7.10. The fourth-order valence-corrected chi connectivity index (χ4v) is 13.5. The number of halogens is 1. The molecule has 0 radical (unpaired) electrons. The van der Waals surface area contributed by atoms with Crippen molar-refractivity contribution < 1.29 is 38.2 Å². The highest BCUT2D eigenvalue weighted by Crippen LogP contribution is 2.47. The summed E-state index contributed by atoms with van der Waals surface area (Å²) in [6.07, 6.45) is 10.6. The highest BCUT2D eigenvalue weighted by Gasteiger charge is 2.40. The van der Waals surface area contributed by atoms with Gasteiger partial charge >= 0.3 is 12.0 Å². The van der Waals surface area contributed by atoms with Crippen LogP contribution in [0, 0.1) is 30.0 Å². The van der Waals surface area contributed by atoms with Crippen LogP contribution in [-0.4, -0.2) is 119 Å². The molecule has 3 N–H and O–H groups in total. The molecule has 5 aliphatic rings. The molecule has 3 aliphatic heterocycles. The number of nitrogens with zero attached hydrogens (tertiary/aromatic N) is 6. The molecule has 0 bridgehead atoms. The molecule has 10 rings (SSSR count). The number of aliphatic carboxylic acids is 1. The smallest absolute Gasteiger partial charge is 0.328 e. The van der Waals surface area contributed by atoms with E-state index in [1.165, 1.54) is 23.1 Å². The lowest BCUT2D eigenvalue weighted by atomic mass is 9.65. The summed E-state index contributed by atoms with van der Waals surface area (Å²) in [5.74, 6) is 1.43. The van der Waals surface area contributed by atoms with Crippen LogP contribution in [0.4, 0.5) is 20.7 Å². The second-order valence-corrected chi connectivity index (χ2v) is 22.7. The number of carboxylic acid groups (broad SMARTS) is 1. The number of likely N-dealkylation sites (tertiary alicyclic amines) is 1. The van der Waals surface area contributed by atoms with Crippen LogP contribution in [0.25, 0.3) is 22.0 Å².